The smallest absolute Gasteiger partial charge is 0.272 e. The van der Waals surface area contributed by atoms with Gasteiger partial charge in [-0.05, 0) is 43.9 Å². The lowest BCUT2D eigenvalue weighted by Crippen LogP contribution is -2.28. The van der Waals surface area contributed by atoms with Crippen molar-refractivity contribution in [1.29, 1.82) is 0 Å². The summed E-state index contributed by atoms with van der Waals surface area (Å²) in [6.07, 6.45) is 3.78. The van der Waals surface area contributed by atoms with Crippen molar-refractivity contribution in [3.05, 3.63) is 47.3 Å². The molecule has 3 rings (SSSR count). The van der Waals surface area contributed by atoms with Crippen molar-refractivity contribution in [1.82, 2.24) is 14.9 Å². The van der Waals surface area contributed by atoms with Crippen LogP contribution in [0.15, 0.2) is 30.5 Å². The van der Waals surface area contributed by atoms with Crippen molar-refractivity contribution in [3.63, 3.8) is 0 Å². The number of aryl methyl sites for hydroxylation is 2. The molecule has 5 heteroatoms. The quantitative estimate of drug-likeness (QED) is 0.945. The Labute approximate surface area is 130 Å². The predicted molar refractivity (Wildman–Crippen MR) is 86.4 cm³/mol. The number of rotatable bonds is 3. The van der Waals surface area contributed by atoms with E-state index in [0.29, 0.717) is 11.6 Å². The second-order valence-corrected chi connectivity index (χ2v) is 5.66. The molecule has 1 aliphatic heterocycles. The van der Waals surface area contributed by atoms with Gasteiger partial charge in [-0.3, -0.25) is 4.79 Å². The third-order valence-corrected chi connectivity index (χ3v) is 3.99. The Morgan fingerprint density at radius 2 is 1.82 bits per heavy atom. The number of para-hydroxylation sites is 1. The summed E-state index contributed by atoms with van der Waals surface area (Å²) in [5.41, 5.74) is 3.69. The zero-order valence-electron chi connectivity index (χ0n) is 13.0. The van der Waals surface area contributed by atoms with Crippen LogP contribution >= 0.6 is 0 Å². The lowest BCUT2D eigenvalue weighted by Gasteiger charge is -2.15. The molecule has 0 spiro atoms. The fourth-order valence-corrected chi connectivity index (χ4v) is 2.74. The Morgan fingerprint density at radius 1 is 1.14 bits per heavy atom. The normalized spacial score (nSPS) is 14.2. The largest absolute Gasteiger partial charge is 0.337 e. The summed E-state index contributed by atoms with van der Waals surface area (Å²) >= 11 is 0. The fraction of sp³-hybridized carbons (Fsp3) is 0.353. The Kier molecular flexibility index (Phi) is 4.04. The first kappa shape index (κ1) is 14.5. The summed E-state index contributed by atoms with van der Waals surface area (Å²) in [4.78, 5) is 22.9. The zero-order valence-corrected chi connectivity index (χ0v) is 13.0. The predicted octanol–water partition coefficient (Wildman–Crippen LogP) is 3.07. The first-order valence-electron chi connectivity index (χ1n) is 7.61. The molecular weight excluding hydrogens is 276 g/mol. The third-order valence-electron chi connectivity index (χ3n) is 3.99. The van der Waals surface area contributed by atoms with Gasteiger partial charge < -0.3 is 10.2 Å². The van der Waals surface area contributed by atoms with E-state index in [2.05, 4.69) is 15.3 Å². The van der Waals surface area contributed by atoms with Crippen molar-refractivity contribution in [2.45, 2.75) is 26.7 Å². The van der Waals surface area contributed by atoms with Crippen molar-refractivity contribution in [3.8, 4) is 0 Å². The van der Waals surface area contributed by atoms with Gasteiger partial charge in [-0.15, -0.1) is 0 Å². The minimum absolute atomic E-state index is 0.00976. The highest BCUT2D eigenvalue weighted by molar-refractivity contribution is 5.92. The Balaban J connectivity index is 1.83. The van der Waals surface area contributed by atoms with Crippen molar-refractivity contribution in [2.24, 2.45) is 0 Å². The molecule has 1 N–H and O–H groups in total. The molecule has 0 aliphatic carbocycles. The van der Waals surface area contributed by atoms with E-state index in [1.807, 2.05) is 36.9 Å². The van der Waals surface area contributed by atoms with Gasteiger partial charge in [0.15, 0.2) is 0 Å². The highest BCUT2D eigenvalue weighted by Gasteiger charge is 2.21. The van der Waals surface area contributed by atoms with Gasteiger partial charge in [0, 0.05) is 25.0 Å². The maximum atomic E-state index is 12.4. The number of carbonyl (C=O) groups excluding carboxylic acids is 1. The maximum absolute atomic E-state index is 12.4. The van der Waals surface area contributed by atoms with Crippen LogP contribution in [0.5, 0.6) is 0 Å². The second-order valence-electron chi connectivity index (χ2n) is 5.66. The number of amides is 1. The van der Waals surface area contributed by atoms with Crippen molar-refractivity contribution < 1.29 is 4.79 Å². The lowest BCUT2D eigenvalue weighted by atomic mass is 10.1. The van der Waals surface area contributed by atoms with E-state index in [4.69, 9.17) is 0 Å². The topological polar surface area (TPSA) is 58.1 Å². The van der Waals surface area contributed by atoms with E-state index in [9.17, 15) is 4.79 Å². The Hall–Kier alpha value is -2.43. The zero-order chi connectivity index (χ0) is 15.5. The molecule has 2 aromatic rings. The molecule has 114 valence electrons. The number of benzene rings is 1. The van der Waals surface area contributed by atoms with E-state index in [0.717, 1.165) is 42.7 Å². The molecule has 0 radical (unpaired) electrons. The minimum atomic E-state index is -0.00976. The van der Waals surface area contributed by atoms with Gasteiger partial charge in [0.25, 0.3) is 5.91 Å². The van der Waals surface area contributed by atoms with Gasteiger partial charge in [0.2, 0.25) is 5.95 Å². The maximum Gasteiger partial charge on any atom is 0.272 e. The SMILES string of the molecule is Cc1cccc(C)c1Nc1nccc(C(=O)N2CCCC2)n1. The molecule has 0 atom stereocenters. The molecule has 0 saturated carbocycles. The number of carbonyl (C=O) groups is 1. The molecule has 22 heavy (non-hydrogen) atoms. The summed E-state index contributed by atoms with van der Waals surface area (Å²) in [5, 5.41) is 3.23. The number of anilines is 2. The molecular formula is C17H20N4O. The summed E-state index contributed by atoms with van der Waals surface area (Å²) in [6, 6.07) is 7.77. The van der Waals surface area contributed by atoms with Crippen molar-refractivity contribution in [2.75, 3.05) is 18.4 Å². The highest BCUT2D eigenvalue weighted by atomic mass is 16.2. The fourth-order valence-electron chi connectivity index (χ4n) is 2.74. The molecule has 0 unspecified atom stereocenters. The summed E-state index contributed by atoms with van der Waals surface area (Å²) in [5.74, 6) is 0.451. The number of aromatic nitrogens is 2. The molecule has 5 nitrogen and oxygen atoms in total. The molecule has 0 bridgehead atoms. The van der Waals surface area contributed by atoms with E-state index < -0.39 is 0 Å². The van der Waals surface area contributed by atoms with Gasteiger partial charge >= 0.3 is 0 Å². The molecule has 1 amide bonds. The number of hydrogen-bond acceptors (Lipinski definition) is 4. The van der Waals surface area contributed by atoms with Crippen LogP contribution in [0.1, 0.15) is 34.5 Å². The first-order chi connectivity index (χ1) is 10.6. The Bertz CT molecular complexity index is 673. The van der Waals surface area contributed by atoms with Gasteiger partial charge in [0.1, 0.15) is 5.69 Å². The molecule has 1 aliphatic rings. The van der Waals surface area contributed by atoms with Crippen LogP contribution in [0.25, 0.3) is 0 Å². The van der Waals surface area contributed by atoms with Crippen molar-refractivity contribution >= 4 is 17.5 Å². The van der Waals surface area contributed by atoms with E-state index in [1.165, 1.54) is 0 Å². The third kappa shape index (κ3) is 2.93. The Morgan fingerprint density at radius 3 is 2.50 bits per heavy atom. The number of nitrogens with zero attached hydrogens (tertiary/aromatic N) is 3. The van der Waals surface area contributed by atoms with E-state index >= 15 is 0 Å². The number of hydrogen-bond donors (Lipinski definition) is 1. The lowest BCUT2D eigenvalue weighted by molar-refractivity contribution is 0.0787. The van der Waals surface area contributed by atoms with Gasteiger partial charge in [0.05, 0.1) is 0 Å². The van der Waals surface area contributed by atoms with E-state index in [-0.39, 0.29) is 5.91 Å². The van der Waals surface area contributed by atoms with Gasteiger partial charge in [-0.1, -0.05) is 18.2 Å². The van der Waals surface area contributed by atoms with Crippen LogP contribution < -0.4 is 5.32 Å². The molecule has 1 aromatic heterocycles. The van der Waals surface area contributed by atoms with Crippen LogP contribution in [0.4, 0.5) is 11.6 Å². The average molecular weight is 296 g/mol. The molecule has 1 aromatic carbocycles. The van der Waals surface area contributed by atoms with Gasteiger partial charge in [-0.2, -0.15) is 0 Å². The summed E-state index contributed by atoms with van der Waals surface area (Å²) < 4.78 is 0. The highest BCUT2D eigenvalue weighted by Crippen LogP contribution is 2.22. The average Bonchev–Trinajstić information content (AvgIpc) is 3.05. The van der Waals surface area contributed by atoms with Crippen LogP contribution in [0.3, 0.4) is 0 Å². The monoisotopic (exact) mass is 296 g/mol. The molecule has 2 heterocycles. The second kappa shape index (κ2) is 6.13. The standard InChI is InChI=1S/C17H20N4O/c1-12-6-5-7-13(2)15(12)20-17-18-9-8-14(19-17)16(22)21-10-3-4-11-21/h5-9H,3-4,10-11H2,1-2H3,(H,18,19,20). The van der Waals surface area contributed by atoms with Crippen LogP contribution in [0.2, 0.25) is 0 Å². The van der Waals surface area contributed by atoms with E-state index in [1.54, 1.807) is 12.3 Å². The molecule has 1 fully saturated rings. The summed E-state index contributed by atoms with van der Waals surface area (Å²) in [6.45, 7) is 5.72. The minimum Gasteiger partial charge on any atom is -0.337 e. The molecule has 1 saturated heterocycles. The van der Waals surface area contributed by atoms with Crippen LogP contribution in [0, 0.1) is 13.8 Å². The van der Waals surface area contributed by atoms with Crippen LogP contribution in [-0.2, 0) is 0 Å². The number of nitrogens with one attached hydrogen (secondary N) is 1. The number of likely N-dealkylation sites (tertiary alicyclic amines) is 1. The first-order valence-corrected chi connectivity index (χ1v) is 7.61. The summed E-state index contributed by atoms with van der Waals surface area (Å²) in [7, 11) is 0. The van der Waals surface area contributed by atoms with Gasteiger partial charge in [-0.25, -0.2) is 9.97 Å². The van der Waals surface area contributed by atoms with Crippen LogP contribution in [-0.4, -0.2) is 33.9 Å².